The number of hydrogen-bond acceptors (Lipinski definition) is 3. The number of unbranched alkanes of at least 4 members (excludes halogenated alkanes) is 2. The second kappa shape index (κ2) is 8.79. The Balaban J connectivity index is 3.16. The number of hydrogen-bond donors (Lipinski definition) is 1. The number of carbonyl (C=O) groups is 1. The monoisotopic (exact) mass is 307 g/mol. The van der Waals surface area contributed by atoms with Crippen LogP contribution in [0.25, 0.3) is 0 Å². The zero-order valence-electron chi connectivity index (χ0n) is 14.3. The molecular formula is C18H29NO3. The SMILES string of the molecule is CCCCCC(O)(C(=O)N(CC)CC)c1cccc(OC)c1. The molecule has 0 aliphatic carbocycles. The lowest BCUT2D eigenvalue weighted by atomic mass is 9.86. The molecule has 0 aliphatic heterocycles. The van der Waals surface area contributed by atoms with Crippen molar-refractivity contribution in [3.8, 4) is 5.75 Å². The van der Waals surface area contributed by atoms with E-state index in [1.54, 1.807) is 24.1 Å². The lowest BCUT2D eigenvalue weighted by Gasteiger charge is -2.33. The minimum absolute atomic E-state index is 0.221. The molecular weight excluding hydrogens is 278 g/mol. The highest BCUT2D eigenvalue weighted by atomic mass is 16.5. The number of likely N-dealkylation sites (N-methyl/N-ethyl adjacent to an activating group) is 1. The summed E-state index contributed by atoms with van der Waals surface area (Å²) in [5, 5.41) is 11.2. The topological polar surface area (TPSA) is 49.8 Å². The maximum Gasteiger partial charge on any atom is 0.259 e. The van der Waals surface area contributed by atoms with E-state index in [0.717, 1.165) is 19.3 Å². The average Bonchev–Trinajstić information content (AvgIpc) is 2.56. The summed E-state index contributed by atoms with van der Waals surface area (Å²) in [6.45, 7) is 7.15. The third-order valence-electron chi connectivity index (χ3n) is 4.09. The average molecular weight is 307 g/mol. The van der Waals surface area contributed by atoms with Crippen molar-refractivity contribution in [3.05, 3.63) is 29.8 Å². The third kappa shape index (κ3) is 4.23. The van der Waals surface area contributed by atoms with Crippen molar-refractivity contribution in [3.63, 3.8) is 0 Å². The molecule has 0 saturated heterocycles. The van der Waals surface area contributed by atoms with Crippen LogP contribution in [0.4, 0.5) is 0 Å². The van der Waals surface area contributed by atoms with Gasteiger partial charge in [0.25, 0.3) is 5.91 Å². The fourth-order valence-electron chi connectivity index (χ4n) is 2.66. The second-order valence-corrected chi connectivity index (χ2v) is 5.53. The van der Waals surface area contributed by atoms with Crippen molar-refractivity contribution in [2.24, 2.45) is 0 Å². The Bertz CT molecular complexity index is 471. The van der Waals surface area contributed by atoms with Crippen molar-refractivity contribution in [2.45, 2.75) is 52.1 Å². The smallest absolute Gasteiger partial charge is 0.259 e. The van der Waals surface area contributed by atoms with Gasteiger partial charge in [0.2, 0.25) is 0 Å². The van der Waals surface area contributed by atoms with E-state index in [9.17, 15) is 9.90 Å². The molecule has 4 heteroatoms. The normalized spacial score (nSPS) is 13.5. The summed E-state index contributed by atoms with van der Waals surface area (Å²) >= 11 is 0. The minimum Gasteiger partial charge on any atom is -0.497 e. The van der Waals surface area contributed by atoms with Crippen molar-refractivity contribution in [2.75, 3.05) is 20.2 Å². The molecule has 1 rings (SSSR count). The lowest BCUT2D eigenvalue weighted by Crippen LogP contribution is -2.47. The van der Waals surface area contributed by atoms with Crippen LogP contribution < -0.4 is 4.74 Å². The zero-order valence-corrected chi connectivity index (χ0v) is 14.3. The number of benzene rings is 1. The Morgan fingerprint density at radius 2 is 1.91 bits per heavy atom. The summed E-state index contributed by atoms with van der Waals surface area (Å²) in [7, 11) is 1.58. The van der Waals surface area contributed by atoms with Gasteiger partial charge < -0.3 is 14.7 Å². The zero-order chi connectivity index (χ0) is 16.6. The number of aliphatic hydroxyl groups is 1. The molecule has 0 aliphatic rings. The van der Waals surface area contributed by atoms with Crippen LogP contribution in [0.1, 0.15) is 52.0 Å². The number of rotatable bonds is 9. The first-order chi connectivity index (χ1) is 10.5. The summed E-state index contributed by atoms with van der Waals surface area (Å²) in [5.41, 5.74) is -0.865. The van der Waals surface area contributed by atoms with Gasteiger partial charge in [0.05, 0.1) is 7.11 Å². The maximum atomic E-state index is 12.9. The van der Waals surface area contributed by atoms with Crippen LogP contribution in [0.3, 0.4) is 0 Å². The van der Waals surface area contributed by atoms with Gasteiger partial charge in [-0.2, -0.15) is 0 Å². The van der Waals surface area contributed by atoms with Gasteiger partial charge >= 0.3 is 0 Å². The summed E-state index contributed by atoms with van der Waals surface area (Å²) in [6, 6.07) is 7.19. The molecule has 0 spiro atoms. The summed E-state index contributed by atoms with van der Waals surface area (Å²) < 4.78 is 5.23. The van der Waals surface area contributed by atoms with Crippen LogP contribution in [0, 0.1) is 0 Å². The van der Waals surface area contributed by atoms with Gasteiger partial charge in [-0.3, -0.25) is 4.79 Å². The van der Waals surface area contributed by atoms with E-state index < -0.39 is 5.60 Å². The van der Waals surface area contributed by atoms with Gasteiger partial charge in [0, 0.05) is 13.1 Å². The molecule has 1 aromatic rings. The van der Waals surface area contributed by atoms with E-state index in [1.807, 2.05) is 26.0 Å². The van der Waals surface area contributed by atoms with E-state index in [1.165, 1.54) is 0 Å². The molecule has 0 heterocycles. The molecule has 1 amide bonds. The molecule has 22 heavy (non-hydrogen) atoms. The Kier molecular flexibility index (Phi) is 7.39. The van der Waals surface area contributed by atoms with Gasteiger partial charge in [-0.15, -0.1) is 0 Å². The molecule has 1 atom stereocenters. The summed E-state index contributed by atoms with van der Waals surface area (Å²) in [5.74, 6) is 0.431. The second-order valence-electron chi connectivity index (χ2n) is 5.53. The first kappa shape index (κ1) is 18.5. The Labute approximate surface area is 134 Å². The molecule has 0 aromatic heterocycles. The molecule has 0 saturated carbocycles. The molecule has 0 radical (unpaired) electrons. The van der Waals surface area contributed by atoms with Crippen LogP contribution in [-0.4, -0.2) is 36.1 Å². The number of methoxy groups -OCH3 is 1. The maximum absolute atomic E-state index is 12.9. The van der Waals surface area contributed by atoms with Gasteiger partial charge in [0.15, 0.2) is 5.60 Å². The fraction of sp³-hybridized carbons (Fsp3) is 0.611. The van der Waals surface area contributed by atoms with Gasteiger partial charge in [-0.05, 0) is 44.4 Å². The standard InChI is InChI=1S/C18H29NO3/c1-5-8-9-13-18(21,17(20)19(6-2)7-3)15-11-10-12-16(14-15)22-4/h10-12,14,21H,5-9,13H2,1-4H3. The molecule has 0 fully saturated rings. The number of carbonyl (C=O) groups excluding carboxylic acids is 1. The molecule has 4 nitrogen and oxygen atoms in total. The van der Waals surface area contributed by atoms with E-state index in [2.05, 4.69) is 6.92 Å². The first-order valence-electron chi connectivity index (χ1n) is 8.19. The Morgan fingerprint density at radius 1 is 1.23 bits per heavy atom. The minimum atomic E-state index is -1.48. The quantitative estimate of drug-likeness (QED) is 0.712. The van der Waals surface area contributed by atoms with Crippen LogP contribution >= 0.6 is 0 Å². The van der Waals surface area contributed by atoms with Crippen molar-refractivity contribution < 1.29 is 14.6 Å². The van der Waals surface area contributed by atoms with Gasteiger partial charge in [0.1, 0.15) is 5.75 Å². The Hall–Kier alpha value is -1.55. The first-order valence-corrected chi connectivity index (χ1v) is 8.19. The largest absolute Gasteiger partial charge is 0.497 e. The number of ether oxygens (including phenoxy) is 1. The predicted molar refractivity (Wildman–Crippen MR) is 89.0 cm³/mol. The van der Waals surface area contributed by atoms with E-state index in [4.69, 9.17) is 4.74 Å². The van der Waals surface area contributed by atoms with E-state index in [0.29, 0.717) is 30.8 Å². The number of nitrogens with zero attached hydrogens (tertiary/aromatic N) is 1. The van der Waals surface area contributed by atoms with E-state index in [-0.39, 0.29) is 5.91 Å². The fourth-order valence-corrected chi connectivity index (χ4v) is 2.66. The van der Waals surface area contributed by atoms with Crippen molar-refractivity contribution >= 4 is 5.91 Å². The molecule has 0 bridgehead atoms. The van der Waals surface area contributed by atoms with Crippen molar-refractivity contribution in [1.29, 1.82) is 0 Å². The molecule has 1 unspecified atom stereocenters. The highest BCUT2D eigenvalue weighted by molar-refractivity contribution is 5.86. The lowest BCUT2D eigenvalue weighted by molar-refractivity contribution is -0.153. The van der Waals surface area contributed by atoms with E-state index >= 15 is 0 Å². The van der Waals surface area contributed by atoms with Crippen LogP contribution in [-0.2, 0) is 10.4 Å². The summed E-state index contributed by atoms with van der Waals surface area (Å²) in [4.78, 5) is 14.5. The predicted octanol–water partition coefficient (Wildman–Crippen LogP) is 3.33. The highest BCUT2D eigenvalue weighted by Gasteiger charge is 2.39. The van der Waals surface area contributed by atoms with Crippen LogP contribution in [0.2, 0.25) is 0 Å². The van der Waals surface area contributed by atoms with Crippen LogP contribution in [0.5, 0.6) is 5.75 Å². The summed E-state index contributed by atoms with van der Waals surface area (Å²) in [6.07, 6.45) is 3.30. The van der Waals surface area contributed by atoms with Crippen LogP contribution in [0.15, 0.2) is 24.3 Å². The number of amides is 1. The highest BCUT2D eigenvalue weighted by Crippen LogP contribution is 2.32. The Morgan fingerprint density at radius 3 is 2.45 bits per heavy atom. The van der Waals surface area contributed by atoms with Gasteiger partial charge in [-0.25, -0.2) is 0 Å². The molecule has 1 N–H and O–H groups in total. The third-order valence-corrected chi connectivity index (χ3v) is 4.09. The molecule has 1 aromatic carbocycles. The van der Waals surface area contributed by atoms with Gasteiger partial charge in [-0.1, -0.05) is 31.9 Å². The van der Waals surface area contributed by atoms with Crippen molar-refractivity contribution in [1.82, 2.24) is 4.90 Å². The molecule has 124 valence electrons.